The maximum absolute atomic E-state index is 11.3. The van der Waals surface area contributed by atoms with Gasteiger partial charge in [0.1, 0.15) is 11.3 Å². The van der Waals surface area contributed by atoms with Crippen LogP contribution in [0.2, 0.25) is 0 Å². The maximum Gasteiger partial charge on any atom is 0.252 e. The van der Waals surface area contributed by atoms with E-state index in [0.717, 1.165) is 4.60 Å². The normalized spacial score (nSPS) is 10.4. The number of pyridine rings is 1. The Kier molecular flexibility index (Phi) is 2.49. The molecule has 0 amide bonds. The van der Waals surface area contributed by atoms with Crippen molar-refractivity contribution in [3.05, 3.63) is 51.6 Å². The lowest BCUT2D eigenvalue weighted by Gasteiger charge is -2.03. The molecule has 2 aromatic rings. The van der Waals surface area contributed by atoms with Crippen LogP contribution in [-0.2, 0) is 6.67 Å². The van der Waals surface area contributed by atoms with E-state index in [2.05, 4.69) is 21.0 Å². The fourth-order valence-corrected chi connectivity index (χ4v) is 1.47. The van der Waals surface area contributed by atoms with E-state index in [1.807, 2.05) is 18.3 Å². The van der Waals surface area contributed by atoms with Gasteiger partial charge in [0.2, 0.25) is 0 Å². The lowest BCUT2D eigenvalue weighted by molar-refractivity contribution is 0.532. The third kappa shape index (κ3) is 1.93. The van der Waals surface area contributed by atoms with Crippen LogP contribution in [0.5, 0.6) is 0 Å². The Morgan fingerprint density at radius 3 is 2.79 bits per heavy atom. The summed E-state index contributed by atoms with van der Waals surface area (Å²) in [5.74, 6) is 0. The van der Waals surface area contributed by atoms with E-state index in [0.29, 0.717) is 6.67 Å². The summed E-state index contributed by atoms with van der Waals surface area (Å²) in [6, 6.07) is 6.89. The molecular weight excluding hydrogens is 246 g/mol. The number of aromatic nitrogens is 3. The summed E-state index contributed by atoms with van der Waals surface area (Å²) in [6.45, 7) is 0.436. The van der Waals surface area contributed by atoms with Crippen molar-refractivity contribution in [3.63, 3.8) is 0 Å². The summed E-state index contributed by atoms with van der Waals surface area (Å²) < 4.78 is 4.03. The van der Waals surface area contributed by atoms with Crippen LogP contribution in [0.25, 0.3) is 0 Å². The van der Waals surface area contributed by atoms with Gasteiger partial charge in [0, 0.05) is 18.5 Å². The van der Waals surface area contributed by atoms with E-state index < -0.39 is 0 Å². The molecule has 0 bridgehead atoms. The maximum atomic E-state index is 11.3. The Bertz CT molecular complexity index is 489. The number of hydrogen-bond donors (Lipinski definition) is 0. The molecule has 72 valence electrons. The molecular formula is C9H8BrN3O. The topological polar surface area (TPSA) is 39.8 Å². The largest absolute Gasteiger partial charge is 0.295 e. The smallest absolute Gasteiger partial charge is 0.252 e. The van der Waals surface area contributed by atoms with Crippen LogP contribution < -0.4 is 5.56 Å². The molecule has 0 aliphatic carbocycles. The van der Waals surface area contributed by atoms with Crippen molar-refractivity contribution in [1.82, 2.24) is 14.3 Å². The molecule has 2 heterocycles. The summed E-state index contributed by atoms with van der Waals surface area (Å²) in [4.78, 5) is 11.3. The zero-order chi connectivity index (χ0) is 9.97. The monoisotopic (exact) mass is 253 g/mol. The van der Waals surface area contributed by atoms with Gasteiger partial charge in [-0.05, 0) is 28.1 Å². The standard InChI is InChI=1S/C9H8BrN3O/c10-8-4-6-13(11-8)7-12-5-2-1-3-9(12)14/h1-6H,7H2. The minimum absolute atomic E-state index is 0.0286. The summed E-state index contributed by atoms with van der Waals surface area (Å²) in [5, 5.41) is 4.12. The van der Waals surface area contributed by atoms with Gasteiger partial charge >= 0.3 is 0 Å². The highest BCUT2D eigenvalue weighted by Crippen LogP contribution is 2.03. The van der Waals surface area contributed by atoms with Gasteiger partial charge in [-0.15, -0.1) is 0 Å². The van der Waals surface area contributed by atoms with Crippen LogP contribution in [0.15, 0.2) is 46.1 Å². The third-order valence-electron chi connectivity index (χ3n) is 1.80. The molecule has 5 heteroatoms. The third-order valence-corrected chi connectivity index (χ3v) is 2.23. The fraction of sp³-hybridized carbons (Fsp3) is 0.111. The molecule has 0 aliphatic rings. The van der Waals surface area contributed by atoms with Crippen molar-refractivity contribution in [2.75, 3.05) is 0 Å². The molecule has 0 saturated heterocycles. The van der Waals surface area contributed by atoms with Crippen molar-refractivity contribution >= 4 is 15.9 Å². The van der Waals surface area contributed by atoms with E-state index in [-0.39, 0.29) is 5.56 Å². The Morgan fingerprint density at radius 2 is 2.14 bits per heavy atom. The van der Waals surface area contributed by atoms with Gasteiger partial charge < -0.3 is 0 Å². The van der Waals surface area contributed by atoms with Gasteiger partial charge in [-0.2, -0.15) is 5.10 Å². The molecule has 0 aromatic carbocycles. The number of hydrogen-bond acceptors (Lipinski definition) is 2. The Hall–Kier alpha value is -1.36. The predicted molar refractivity (Wildman–Crippen MR) is 56.0 cm³/mol. The van der Waals surface area contributed by atoms with Gasteiger partial charge in [0.05, 0.1) is 0 Å². The first-order valence-corrected chi connectivity index (χ1v) is 4.89. The fourth-order valence-electron chi connectivity index (χ4n) is 1.15. The Balaban J connectivity index is 2.27. The van der Waals surface area contributed by atoms with Crippen molar-refractivity contribution < 1.29 is 0 Å². The van der Waals surface area contributed by atoms with Crippen LogP contribution >= 0.6 is 15.9 Å². The molecule has 14 heavy (non-hydrogen) atoms. The predicted octanol–water partition coefficient (Wildman–Crippen LogP) is 1.31. The second-order valence-electron chi connectivity index (χ2n) is 2.83. The minimum Gasteiger partial charge on any atom is -0.295 e. The number of nitrogens with zero attached hydrogens (tertiary/aromatic N) is 3. The molecule has 0 radical (unpaired) electrons. The first kappa shape index (κ1) is 9.21. The lowest BCUT2D eigenvalue weighted by Crippen LogP contribution is -2.21. The highest BCUT2D eigenvalue weighted by atomic mass is 79.9. The van der Waals surface area contributed by atoms with Crippen molar-refractivity contribution in [3.8, 4) is 0 Å². The van der Waals surface area contributed by atoms with E-state index in [1.165, 1.54) is 6.07 Å². The van der Waals surface area contributed by atoms with Crippen LogP contribution in [-0.4, -0.2) is 14.3 Å². The van der Waals surface area contributed by atoms with Crippen LogP contribution in [0.4, 0.5) is 0 Å². The van der Waals surface area contributed by atoms with Crippen LogP contribution in [0.3, 0.4) is 0 Å². The minimum atomic E-state index is -0.0286. The zero-order valence-electron chi connectivity index (χ0n) is 7.30. The van der Waals surface area contributed by atoms with Crippen molar-refractivity contribution in [2.45, 2.75) is 6.67 Å². The molecule has 0 spiro atoms. The van der Waals surface area contributed by atoms with Crippen LogP contribution in [0.1, 0.15) is 0 Å². The molecule has 0 atom stereocenters. The molecule has 0 unspecified atom stereocenters. The van der Waals surface area contributed by atoms with E-state index in [9.17, 15) is 4.79 Å². The average Bonchev–Trinajstić information content (AvgIpc) is 2.56. The van der Waals surface area contributed by atoms with Gasteiger partial charge in [-0.25, -0.2) is 0 Å². The lowest BCUT2D eigenvalue weighted by atomic mass is 10.5. The second kappa shape index (κ2) is 3.79. The van der Waals surface area contributed by atoms with Gasteiger partial charge in [0.25, 0.3) is 5.56 Å². The summed E-state index contributed by atoms with van der Waals surface area (Å²) in [7, 11) is 0. The zero-order valence-corrected chi connectivity index (χ0v) is 8.89. The highest BCUT2D eigenvalue weighted by Gasteiger charge is 1.96. The Labute approximate surface area is 88.9 Å². The summed E-state index contributed by atoms with van der Waals surface area (Å²) in [6.07, 6.45) is 3.54. The highest BCUT2D eigenvalue weighted by molar-refractivity contribution is 9.10. The van der Waals surface area contributed by atoms with Gasteiger partial charge in [0.15, 0.2) is 0 Å². The first-order valence-electron chi connectivity index (χ1n) is 4.10. The van der Waals surface area contributed by atoms with E-state index >= 15 is 0 Å². The average molecular weight is 254 g/mol. The Morgan fingerprint density at radius 1 is 1.29 bits per heavy atom. The molecule has 2 aromatic heterocycles. The molecule has 4 nitrogen and oxygen atoms in total. The van der Waals surface area contributed by atoms with Gasteiger partial charge in [-0.1, -0.05) is 6.07 Å². The van der Waals surface area contributed by atoms with Gasteiger partial charge in [-0.3, -0.25) is 14.0 Å². The molecule has 2 rings (SSSR count). The van der Waals surface area contributed by atoms with E-state index in [1.54, 1.807) is 21.5 Å². The molecule has 0 fully saturated rings. The summed E-state index contributed by atoms with van der Waals surface area (Å²) >= 11 is 3.24. The van der Waals surface area contributed by atoms with Crippen molar-refractivity contribution in [2.24, 2.45) is 0 Å². The number of rotatable bonds is 2. The quantitative estimate of drug-likeness (QED) is 0.810. The second-order valence-corrected chi connectivity index (χ2v) is 3.64. The molecule has 0 saturated carbocycles. The first-order chi connectivity index (χ1) is 6.75. The molecule has 0 N–H and O–H groups in total. The molecule has 0 aliphatic heterocycles. The summed E-state index contributed by atoms with van der Waals surface area (Å²) in [5.41, 5.74) is -0.0286. The number of halogens is 1. The van der Waals surface area contributed by atoms with Crippen LogP contribution in [0, 0.1) is 0 Å². The SMILES string of the molecule is O=c1ccccn1Cn1ccc(Br)n1. The van der Waals surface area contributed by atoms with E-state index in [4.69, 9.17) is 0 Å². The van der Waals surface area contributed by atoms with Crippen molar-refractivity contribution in [1.29, 1.82) is 0 Å².